The molecular formula is C32H36F2N6. The molecule has 6 nitrogen and oxygen atoms in total. The monoisotopic (exact) mass is 542 g/mol. The normalized spacial score (nSPS) is 25.4. The Bertz CT molecular complexity index is 1550. The van der Waals surface area contributed by atoms with E-state index in [0.717, 1.165) is 40.2 Å². The first kappa shape index (κ1) is 25.6. The summed E-state index contributed by atoms with van der Waals surface area (Å²) in [4.78, 5) is 12.2. The van der Waals surface area contributed by atoms with E-state index in [2.05, 4.69) is 46.6 Å². The Hall–Kier alpha value is -3.39. The highest BCUT2D eigenvalue weighted by molar-refractivity contribution is 5.90. The van der Waals surface area contributed by atoms with Crippen LogP contribution >= 0.6 is 0 Å². The molecule has 1 saturated carbocycles. The molecule has 40 heavy (non-hydrogen) atoms. The number of aryl methyl sites for hydroxylation is 2. The molecule has 2 aromatic carbocycles. The molecule has 1 atom stereocenters. The molecule has 0 unspecified atom stereocenters. The van der Waals surface area contributed by atoms with Crippen molar-refractivity contribution >= 4 is 16.7 Å². The van der Waals surface area contributed by atoms with E-state index < -0.39 is 11.8 Å². The fourth-order valence-corrected chi connectivity index (χ4v) is 6.33. The Morgan fingerprint density at radius 3 is 2.60 bits per heavy atom. The van der Waals surface area contributed by atoms with E-state index in [-0.39, 0.29) is 17.0 Å². The van der Waals surface area contributed by atoms with E-state index in [1.807, 2.05) is 23.9 Å². The highest BCUT2D eigenvalue weighted by Gasteiger charge is 2.43. The third-order valence-electron chi connectivity index (χ3n) is 9.32. The predicted molar refractivity (Wildman–Crippen MR) is 152 cm³/mol. The highest BCUT2D eigenvalue weighted by atomic mass is 19.3. The van der Waals surface area contributed by atoms with E-state index in [4.69, 9.17) is 9.97 Å². The Balaban J connectivity index is 1.30. The molecular weight excluding hydrogens is 506 g/mol. The number of nitrogens with one attached hydrogen (secondary N) is 1. The quantitative estimate of drug-likeness (QED) is 0.293. The lowest BCUT2D eigenvalue weighted by atomic mass is 9.85. The summed E-state index contributed by atoms with van der Waals surface area (Å²) in [7, 11) is 0. The molecule has 1 N–H and O–H groups in total. The zero-order chi connectivity index (χ0) is 27.5. The average Bonchev–Trinajstić information content (AvgIpc) is 3.56. The second-order valence-corrected chi connectivity index (χ2v) is 12.3. The number of anilines is 1. The first-order valence-corrected chi connectivity index (χ1v) is 14.6. The Kier molecular flexibility index (Phi) is 6.15. The van der Waals surface area contributed by atoms with Crippen molar-refractivity contribution < 1.29 is 8.78 Å². The van der Waals surface area contributed by atoms with Gasteiger partial charge in [0.15, 0.2) is 0 Å². The molecule has 2 aromatic heterocycles. The molecule has 8 heteroatoms. The third kappa shape index (κ3) is 4.76. The van der Waals surface area contributed by atoms with Gasteiger partial charge in [-0.3, -0.25) is 9.58 Å². The minimum absolute atomic E-state index is 0.105. The van der Waals surface area contributed by atoms with Gasteiger partial charge in [-0.1, -0.05) is 31.2 Å². The number of rotatable bonds is 1. The lowest BCUT2D eigenvalue weighted by molar-refractivity contribution is -0.0861. The van der Waals surface area contributed by atoms with Crippen LogP contribution in [0.4, 0.5) is 14.6 Å². The molecule has 1 aliphatic carbocycles. The number of halogens is 2. The summed E-state index contributed by atoms with van der Waals surface area (Å²) in [5.74, 6) is -2.05. The Morgan fingerprint density at radius 2 is 1.80 bits per heavy atom. The van der Waals surface area contributed by atoms with E-state index in [1.54, 1.807) is 18.2 Å². The van der Waals surface area contributed by atoms with Crippen molar-refractivity contribution in [3.8, 4) is 0 Å². The number of nitrogens with zero attached hydrogens (tertiary/aromatic N) is 5. The van der Waals surface area contributed by atoms with Gasteiger partial charge in [-0.05, 0) is 80.4 Å². The van der Waals surface area contributed by atoms with Crippen LogP contribution < -0.4 is 5.32 Å². The number of aromatic nitrogens is 4. The maximum Gasteiger partial charge on any atom is 0.276 e. The number of fused-ring (bicyclic) bond motifs is 5. The van der Waals surface area contributed by atoms with E-state index >= 15 is 8.78 Å². The van der Waals surface area contributed by atoms with Crippen LogP contribution in [-0.4, -0.2) is 37.7 Å². The minimum Gasteiger partial charge on any atom is -0.363 e. The SMILES string of the molecule is C[C@H]1Nc2nc(nc3ccc(C4(C)CC4)cc23)CCn2cc(cn2)CN2CCC(CC2)C(F)(F)c2cccc1c2. The molecule has 5 heterocycles. The molecule has 8 rings (SSSR count). The second kappa shape index (κ2) is 9.61. The van der Waals surface area contributed by atoms with Crippen molar-refractivity contribution in [2.45, 2.75) is 76.4 Å². The predicted octanol–water partition coefficient (Wildman–Crippen LogP) is 6.61. The second-order valence-electron chi connectivity index (χ2n) is 12.3. The summed E-state index contributed by atoms with van der Waals surface area (Å²) in [6.45, 7) is 7.04. The molecule has 0 radical (unpaired) electrons. The fraction of sp³-hybridized carbons (Fsp3) is 0.469. The molecule has 0 amide bonds. The van der Waals surface area contributed by atoms with Gasteiger partial charge >= 0.3 is 0 Å². The summed E-state index contributed by atoms with van der Waals surface area (Å²) >= 11 is 0. The summed E-state index contributed by atoms with van der Waals surface area (Å²) in [5.41, 5.74) is 4.45. The lowest BCUT2D eigenvalue weighted by Gasteiger charge is -2.36. The van der Waals surface area contributed by atoms with Gasteiger partial charge in [0, 0.05) is 54.2 Å². The van der Waals surface area contributed by atoms with Crippen LogP contribution in [0.25, 0.3) is 10.9 Å². The fourth-order valence-electron chi connectivity index (χ4n) is 6.33. The first-order chi connectivity index (χ1) is 19.3. The molecule has 3 aliphatic heterocycles. The number of alkyl halides is 2. The molecule has 208 valence electrons. The van der Waals surface area contributed by atoms with Crippen molar-refractivity contribution in [1.82, 2.24) is 24.6 Å². The van der Waals surface area contributed by atoms with Gasteiger partial charge in [0.05, 0.1) is 11.7 Å². The molecule has 4 aromatic rings. The smallest absolute Gasteiger partial charge is 0.276 e. The molecule has 1 saturated heterocycles. The van der Waals surface area contributed by atoms with Crippen molar-refractivity contribution in [2.24, 2.45) is 5.92 Å². The zero-order valence-electron chi connectivity index (χ0n) is 23.2. The van der Waals surface area contributed by atoms with Crippen molar-refractivity contribution in [2.75, 3.05) is 18.4 Å². The van der Waals surface area contributed by atoms with Gasteiger partial charge in [0.25, 0.3) is 5.92 Å². The van der Waals surface area contributed by atoms with Crippen LogP contribution in [0.15, 0.2) is 54.9 Å². The van der Waals surface area contributed by atoms with Gasteiger partial charge in [-0.15, -0.1) is 0 Å². The zero-order valence-corrected chi connectivity index (χ0v) is 23.2. The highest BCUT2D eigenvalue weighted by Crippen LogP contribution is 2.48. The number of hydrogen-bond donors (Lipinski definition) is 1. The van der Waals surface area contributed by atoms with E-state index in [9.17, 15) is 0 Å². The number of piperidine rings is 1. The van der Waals surface area contributed by atoms with Gasteiger partial charge < -0.3 is 5.32 Å². The molecule has 4 aliphatic rings. The van der Waals surface area contributed by atoms with Gasteiger partial charge in [0.2, 0.25) is 0 Å². The largest absolute Gasteiger partial charge is 0.363 e. The molecule has 8 bridgehead atoms. The standard InChI is InChI=1S/C32H36F2N6/c1-21-23-4-3-5-26(16-23)32(33,34)24-8-13-39(14-9-24)19-22-18-35-40(20-22)15-10-29-37-28-7-6-25(31(2)11-12-31)17-27(28)30(36-21)38-29/h3-7,16-18,20-21,24H,8-15,19H2,1-2H3,(H,36,37,38)/t21-/m1/s1. The van der Waals surface area contributed by atoms with Crippen LogP contribution in [0.2, 0.25) is 0 Å². The van der Waals surface area contributed by atoms with Crippen molar-refractivity contribution in [3.05, 3.63) is 82.9 Å². The maximum atomic E-state index is 15.8. The van der Waals surface area contributed by atoms with Gasteiger partial charge in [-0.2, -0.15) is 5.10 Å². The molecule has 2 fully saturated rings. The summed E-state index contributed by atoms with van der Waals surface area (Å²) in [5, 5.41) is 9.12. The van der Waals surface area contributed by atoms with Gasteiger partial charge in [-0.25, -0.2) is 18.7 Å². The average molecular weight is 543 g/mol. The van der Waals surface area contributed by atoms with Crippen LogP contribution in [0.5, 0.6) is 0 Å². The number of benzene rings is 2. The number of hydrogen-bond acceptors (Lipinski definition) is 5. The van der Waals surface area contributed by atoms with Crippen molar-refractivity contribution in [1.29, 1.82) is 0 Å². The first-order valence-electron chi connectivity index (χ1n) is 14.6. The summed E-state index contributed by atoms with van der Waals surface area (Å²) in [6.07, 6.45) is 7.92. The van der Waals surface area contributed by atoms with Crippen molar-refractivity contribution in [3.63, 3.8) is 0 Å². The molecule has 0 spiro atoms. The maximum absolute atomic E-state index is 15.8. The topological polar surface area (TPSA) is 58.9 Å². The van der Waals surface area contributed by atoms with Crippen LogP contribution in [-0.2, 0) is 30.8 Å². The summed E-state index contributed by atoms with van der Waals surface area (Å²) in [6, 6.07) is 13.3. The third-order valence-corrected chi connectivity index (χ3v) is 9.32. The van der Waals surface area contributed by atoms with Crippen LogP contribution in [0.3, 0.4) is 0 Å². The Morgan fingerprint density at radius 1 is 0.975 bits per heavy atom. The summed E-state index contributed by atoms with van der Waals surface area (Å²) < 4.78 is 33.6. The van der Waals surface area contributed by atoms with Crippen LogP contribution in [0.1, 0.15) is 73.7 Å². The lowest BCUT2D eigenvalue weighted by Crippen LogP contribution is -2.39. The van der Waals surface area contributed by atoms with Gasteiger partial charge in [0.1, 0.15) is 11.6 Å². The minimum atomic E-state index is -2.88. The van der Waals surface area contributed by atoms with E-state index in [1.165, 1.54) is 18.4 Å². The van der Waals surface area contributed by atoms with E-state index in [0.29, 0.717) is 38.9 Å². The van der Waals surface area contributed by atoms with Crippen LogP contribution in [0, 0.1) is 5.92 Å². The Labute approximate surface area is 233 Å².